The van der Waals surface area contributed by atoms with Crippen molar-refractivity contribution in [3.8, 4) is 5.69 Å². The van der Waals surface area contributed by atoms with Gasteiger partial charge in [-0.15, -0.1) is 5.10 Å². The van der Waals surface area contributed by atoms with Crippen LogP contribution in [0.15, 0.2) is 66.9 Å². The molecule has 2 heterocycles. The summed E-state index contributed by atoms with van der Waals surface area (Å²) in [6.45, 7) is 4.72. The second kappa shape index (κ2) is 9.22. The molecule has 1 amide bonds. The number of rotatable bonds is 6. The van der Waals surface area contributed by atoms with E-state index in [0.29, 0.717) is 12.2 Å². The number of halogens is 1. The highest BCUT2D eigenvalue weighted by Gasteiger charge is 2.29. The van der Waals surface area contributed by atoms with E-state index in [0.717, 1.165) is 38.2 Å². The highest BCUT2D eigenvalue weighted by atomic mass is 19.1. The maximum absolute atomic E-state index is 13.2. The molecule has 0 aliphatic carbocycles. The number of carbonyl (C=O) groups is 1. The first-order valence-corrected chi connectivity index (χ1v) is 10.5. The van der Waals surface area contributed by atoms with Gasteiger partial charge in [-0.2, -0.15) is 0 Å². The number of amides is 1. The largest absolute Gasteiger partial charge is 0.299 e. The van der Waals surface area contributed by atoms with Gasteiger partial charge in [0.2, 0.25) is 5.91 Å². The van der Waals surface area contributed by atoms with Crippen LogP contribution in [0.2, 0.25) is 0 Å². The fraction of sp³-hybridized carbons (Fsp3) is 0.333. The maximum atomic E-state index is 13.2. The van der Waals surface area contributed by atoms with Crippen molar-refractivity contribution in [3.63, 3.8) is 0 Å². The number of hydrogen-bond donors (Lipinski definition) is 0. The van der Waals surface area contributed by atoms with Crippen LogP contribution in [0, 0.1) is 5.82 Å². The molecule has 3 aromatic rings. The van der Waals surface area contributed by atoms with E-state index in [1.807, 2.05) is 30.2 Å². The molecule has 0 unspecified atom stereocenters. The third-order valence-corrected chi connectivity index (χ3v) is 5.66. The van der Waals surface area contributed by atoms with Crippen LogP contribution in [0.25, 0.3) is 5.69 Å². The number of benzene rings is 2. The Bertz CT molecular complexity index is 962. The molecule has 0 atom stereocenters. The van der Waals surface area contributed by atoms with E-state index in [1.165, 1.54) is 17.7 Å². The molecule has 0 radical (unpaired) electrons. The van der Waals surface area contributed by atoms with Gasteiger partial charge >= 0.3 is 0 Å². The van der Waals surface area contributed by atoms with E-state index in [-0.39, 0.29) is 17.8 Å². The van der Waals surface area contributed by atoms with Crippen LogP contribution in [-0.2, 0) is 11.3 Å². The lowest BCUT2D eigenvalue weighted by atomic mass is 10.0. The summed E-state index contributed by atoms with van der Waals surface area (Å²) < 4.78 is 14.9. The van der Waals surface area contributed by atoms with E-state index < -0.39 is 0 Å². The minimum Gasteiger partial charge on any atom is -0.299 e. The fourth-order valence-corrected chi connectivity index (χ4v) is 4.05. The van der Waals surface area contributed by atoms with Crippen molar-refractivity contribution in [1.29, 1.82) is 0 Å². The Labute approximate surface area is 176 Å². The van der Waals surface area contributed by atoms with Crippen LogP contribution in [-0.4, -0.2) is 39.7 Å². The second-order valence-electron chi connectivity index (χ2n) is 7.71. The van der Waals surface area contributed by atoms with Crippen molar-refractivity contribution in [1.82, 2.24) is 14.7 Å². The second-order valence-corrected chi connectivity index (χ2v) is 7.71. The predicted octanol–water partition coefficient (Wildman–Crippen LogP) is 4.42. The van der Waals surface area contributed by atoms with Gasteiger partial charge in [-0.25, -0.2) is 9.07 Å². The fourth-order valence-electron chi connectivity index (χ4n) is 4.05. The first-order valence-electron chi connectivity index (χ1n) is 10.5. The molecule has 0 bridgehead atoms. The van der Waals surface area contributed by atoms with Gasteiger partial charge in [-0.3, -0.25) is 14.6 Å². The minimum absolute atomic E-state index is 0.0841. The summed E-state index contributed by atoms with van der Waals surface area (Å²) in [4.78, 5) is 17.1. The van der Waals surface area contributed by atoms with Crippen LogP contribution < -0.4 is 4.90 Å². The smallest absolute Gasteiger partial charge is 0.228 e. The lowest BCUT2D eigenvalue weighted by Gasteiger charge is -2.37. The Morgan fingerprint density at radius 3 is 2.43 bits per heavy atom. The van der Waals surface area contributed by atoms with Gasteiger partial charge in [0.15, 0.2) is 5.82 Å². The number of hydrogen-bond acceptors (Lipinski definition) is 3. The topological polar surface area (TPSA) is 41.4 Å². The van der Waals surface area contributed by atoms with Gasteiger partial charge in [0, 0.05) is 44.4 Å². The molecule has 1 saturated heterocycles. The van der Waals surface area contributed by atoms with Crippen LogP contribution in [0.5, 0.6) is 0 Å². The molecule has 4 rings (SSSR count). The first-order chi connectivity index (χ1) is 14.6. The number of nitrogens with zero attached hydrogens (tertiary/aromatic N) is 4. The molecule has 6 heteroatoms. The SMILES string of the molecule is CCC(=O)N(c1ccn(-c2ccc(F)cc2)n1)C1CCN(Cc2ccccc2)CC1. The average molecular weight is 407 g/mol. The molecule has 2 aromatic carbocycles. The van der Waals surface area contributed by atoms with Crippen LogP contribution in [0.1, 0.15) is 31.7 Å². The maximum Gasteiger partial charge on any atom is 0.228 e. The number of anilines is 1. The van der Waals surface area contributed by atoms with Crippen molar-refractivity contribution in [2.45, 2.75) is 38.8 Å². The Morgan fingerprint density at radius 1 is 1.07 bits per heavy atom. The number of aromatic nitrogens is 2. The normalized spacial score (nSPS) is 15.3. The van der Waals surface area contributed by atoms with Crippen LogP contribution >= 0.6 is 0 Å². The van der Waals surface area contributed by atoms with Crippen molar-refractivity contribution >= 4 is 11.7 Å². The molecule has 0 N–H and O–H groups in total. The third kappa shape index (κ3) is 4.60. The lowest BCUT2D eigenvalue weighted by Crippen LogP contribution is -2.47. The molecule has 0 spiro atoms. The quantitative estimate of drug-likeness (QED) is 0.609. The lowest BCUT2D eigenvalue weighted by molar-refractivity contribution is -0.119. The van der Waals surface area contributed by atoms with E-state index in [9.17, 15) is 9.18 Å². The summed E-state index contributed by atoms with van der Waals surface area (Å²) >= 11 is 0. The molecule has 1 fully saturated rings. The van der Waals surface area contributed by atoms with Crippen LogP contribution in [0.4, 0.5) is 10.2 Å². The van der Waals surface area contributed by atoms with E-state index in [1.54, 1.807) is 16.8 Å². The van der Waals surface area contributed by atoms with E-state index >= 15 is 0 Å². The van der Waals surface area contributed by atoms with Gasteiger partial charge < -0.3 is 0 Å². The van der Waals surface area contributed by atoms with Crippen LogP contribution in [0.3, 0.4) is 0 Å². The molecular weight excluding hydrogens is 379 g/mol. The molecule has 30 heavy (non-hydrogen) atoms. The Kier molecular flexibility index (Phi) is 6.23. The highest BCUT2D eigenvalue weighted by molar-refractivity contribution is 5.92. The highest BCUT2D eigenvalue weighted by Crippen LogP contribution is 2.25. The first kappa shape index (κ1) is 20.3. The zero-order valence-electron chi connectivity index (χ0n) is 17.2. The van der Waals surface area contributed by atoms with Gasteiger partial charge in [0.1, 0.15) is 5.82 Å². The van der Waals surface area contributed by atoms with Crippen molar-refractivity contribution in [2.24, 2.45) is 0 Å². The van der Waals surface area contributed by atoms with Gasteiger partial charge in [-0.05, 0) is 42.7 Å². The third-order valence-electron chi connectivity index (χ3n) is 5.66. The molecule has 0 saturated carbocycles. The van der Waals surface area contributed by atoms with E-state index in [4.69, 9.17) is 0 Å². The molecule has 1 aliphatic rings. The number of carbonyl (C=O) groups excluding carboxylic acids is 1. The monoisotopic (exact) mass is 406 g/mol. The van der Waals surface area contributed by atoms with E-state index in [2.05, 4.69) is 34.3 Å². The molecule has 1 aliphatic heterocycles. The van der Waals surface area contributed by atoms with Crippen molar-refractivity contribution < 1.29 is 9.18 Å². The number of likely N-dealkylation sites (tertiary alicyclic amines) is 1. The van der Waals surface area contributed by atoms with Gasteiger partial charge in [0.25, 0.3) is 0 Å². The summed E-state index contributed by atoms with van der Waals surface area (Å²) in [7, 11) is 0. The Balaban J connectivity index is 1.46. The zero-order valence-corrected chi connectivity index (χ0v) is 17.2. The predicted molar refractivity (Wildman–Crippen MR) is 116 cm³/mol. The standard InChI is InChI=1S/C24H27FN4O/c1-2-24(30)29(23-14-17-28(26-23)21-10-8-20(25)9-11-21)22-12-15-27(16-13-22)18-19-6-4-3-5-7-19/h3-11,14,17,22H,2,12-13,15-16,18H2,1H3. The molecule has 156 valence electrons. The summed E-state index contributed by atoms with van der Waals surface area (Å²) in [5.41, 5.74) is 2.08. The number of piperidine rings is 1. The van der Waals surface area contributed by atoms with Gasteiger partial charge in [0.05, 0.1) is 5.69 Å². The van der Waals surface area contributed by atoms with Crippen molar-refractivity contribution in [3.05, 3.63) is 78.2 Å². The summed E-state index contributed by atoms with van der Waals surface area (Å²) in [6.07, 6.45) is 4.10. The van der Waals surface area contributed by atoms with Crippen molar-refractivity contribution in [2.75, 3.05) is 18.0 Å². The summed E-state index contributed by atoms with van der Waals surface area (Å²) in [5.74, 6) is 0.463. The molecule has 1 aromatic heterocycles. The molecule has 5 nitrogen and oxygen atoms in total. The summed E-state index contributed by atoms with van der Waals surface area (Å²) in [5, 5.41) is 4.63. The van der Waals surface area contributed by atoms with Gasteiger partial charge in [-0.1, -0.05) is 37.3 Å². The Morgan fingerprint density at radius 2 is 1.77 bits per heavy atom. The molecular formula is C24H27FN4O. The summed E-state index contributed by atoms with van der Waals surface area (Å²) in [6, 6.07) is 18.7. The average Bonchev–Trinajstić information content (AvgIpc) is 3.26. The zero-order chi connectivity index (χ0) is 20.9. The minimum atomic E-state index is -0.281. The Hall–Kier alpha value is -2.99.